The molecule has 4 rings (SSSR count). The second-order valence-corrected chi connectivity index (χ2v) is 6.92. The van der Waals surface area contributed by atoms with Crippen molar-refractivity contribution in [2.75, 3.05) is 5.32 Å². The molecular weight excluding hydrogens is 398 g/mol. The van der Waals surface area contributed by atoms with Gasteiger partial charge in [-0.1, -0.05) is 30.3 Å². The SMILES string of the molecule is CC(=O)c1cccc(NC(=O)Cn2nc3c(Oc4ccccc4C)nccn3c2=O)c1. The van der Waals surface area contributed by atoms with Gasteiger partial charge in [0.1, 0.15) is 12.3 Å². The lowest BCUT2D eigenvalue weighted by molar-refractivity contribution is -0.117. The van der Waals surface area contributed by atoms with Gasteiger partial charge in [-0.3, -0.25) is 9.59 Å². The van der Waals surface area contributed by atoms with Gasteiger partial charge in [0.2, 0.25) is 11.6 Å². The quantitative estimate of drug-likeness (QED) is 0.484. The predicted molar refractivity (Wildman–Crippen MR) is 114 cm³/mol. The molecule has 0 aliphatic rings. The van der Waals surface area contributed by atoms with E-state index in [-0.39, 0.29) is 23.9 Å². The summed E-state index contributed by atoms with van der Waals surface area (Å²) in [5.74, 6) is 0.178. The van der Waals surface area contributed by atoms with E-state index in [0.717, 1.165) is 10.2 Å². The zero-order valence-electron chi connectivity index (χ0n) is 16.9. The molecule has 1 N–H and O–H groups in total. The van der Waals surface area contributed by atoms with Crippen LogP contribution in [-0.2, 0) is 11.3 Å². The molecule has 4 aromatic rings. The van der Waals surface area contributed by atoms with Gasteiger partial charge in [-0.2, -0.15) is 0 Å². The Bertz CT molecular complexity index is 1360. The fraction of sp³-hybridized carbons (Fsp3) is 0.136. The van der Waals surface area contributed by atoms with Crippen LogP contribution in [0.3, 0.4) is 0 Å². The van der Waals surface area contributed by atoms with Crippen LogP contribution in [-0.4, -0.2) is 30.9 Å². The molecule has 2 heterocycles. The number of benzene rings is 2. The Morgan fingerprint density at radius 2 is 1.94 bits per heavy atom. The topological polar surface area (TPSA) is 108 Å². The molecule has 0 bridgehead atoms. The summed E-state index contributed by atoms with van der Waals surface area (Å²) >= 11 is 0. The number of hydrogen-bond acceptors (Lipinski definition) is 6. The fourth-order valence-electron chi connectivity index (χ4n) is 3.03. The Hall–Kier alpha value is -4.27. The van der Waals surface area contributed by atoms with Gasteiger partial charge >= 0.3 is 5.69 Å². The van der Waals surface area contributed by atoms with Gasteiger partial charge in [0.05, 0.1) is 0 Å². The fourth-order valence-corrected chi connectivity index (χ4v) is 3.03. The Kier molecular flexibility index (Phi) is 5.31. The Morgan fingerprint density at radius 1 is 1.13 bits per heavy atom. The van der Waals surface area contributed by atoms with Crippen molar-refractivity contribution >= 4 is 23.0 Å². The number of anilines is 1. The third-order valence-electron chi connectivity index (χ3n) is 4.62. The smallest absolute Gasteiger partial charge is 0.351 e. The van der Waals surface area contributed by atoms with Crippen molar-refractivity contribution in [3.63, 3.8) is 0 Å². The van der Waals surface area contributed by atoms with E-state index in [0.29, 0.717) is 17.0 Å². The first-order valence-electron chi connectivity index (χ1n) is 9.51. The molecule has 9 nitrogen and oxygen atoms in total. The van der Waals surface area contributed by atoms with E-state index in [1.54, 1.807) is 30.3 Å². The van der Waals surface area contributed by atoms with Crippen LogP contribution in [0.1, 0.15) is 22.8 Å². The van der Waals surface area contributed by atoms with Crippen molar-refractivity contribution in [3.8, 4) is 11.6 Å². The first kappa shape index (κ1) is 20.0. The summed E-state index contributed by atoms with van der Waals surface area (Å²) < 4.78 is 8.15. The summed E-state index contributed by atoms with van der Waals surface area (Å²) in [6, 6.07) is 14.0. The van der Waals surface area contributed by atoms with E-state index in [1.807, 2.05) is 25.1 Å². The molecule has 0 spiro atoms. The summed E-state index contributed by atoms with van der Waals surface area (Å²) in [6.45, 7) is 3.03. The summed E-state index contributed by atoms with van der Waals surface area (Å²) in [5.41, 5.74) is 1.54. The number of aryl methyl sites for hydroxylation is 1. The summed E-state index contributed by atoms with van der Waals surface area (Å²) in [6.07, 6.45) is 2.89. The number of hydrogen-bond donors (Lipinski definition) is 1. The normalized spacial score (nSPS) is 10.8. The minimum absolute atomic E-state index is 0.110. The molecule has 1 amide bonds. The van der Waals surface area contributed by atoms with Crippen LogP contribution in [0.25, 0.3) is 5.65 Å². The molecule has 0 saturated carbocycles. The number of Topliss-reactive ketones (excluding diaryl/α,β-unsaturated/α-hetero) is 1. The third kappa shape index (κ3) is 4.20. The molecule has 0 unspecified atom stereocenters. The average Bonchev–Trinajstić information content (AvgIpc) is 3.06. The second kappa shape index (κ2) is 8.23. The van der Waals surface area contributed by atoms with Crippen molar-refractivity contribution < 1.29 is 14.3 Å². The molecule has 0 radical (unpaired) electrons. The van der Waals surface area contributed by atoms with Gasteiger partial charge < -0.3 is 10.1 Å². The monoisotopic (exact) mass is 417 g/mol. The van der Waals surface area contributed by atoms with Crippen molar-refractivity contribution in [2.45, 2.75) is 20.4 Å². The molecule has 0 aliphatic heterocycles. The Morgan fingerprint density at radius 3 is 2.71 bits per heavy atom. The number of aromatic nitrogens is 4. The average molecular weight is 417 g/mol. The van der Waals surface area contributed by atoms with E-state index in [2.05, 4.69) is 15.4 Å². The van der Waals surface area contributed by atoms with Gasteiger partial charge in [0.25, 0.3) is 5.88 Å². The third-order valence-corrected chi connectivity index (χ3v) is 4.62. The molecule has 0 fully saturated rings. The second-order valence-electron chi connectivity index (χ2n) is 6.92. The number of fused-ring (bicyclic) bond motifs is 1. The van der Waals surface area contributed by atoms with Gasteiger partial charge in [-0.05, 0) is 37.6 Å². The van der Waals surface area contributed by atoms with Crippen LogP contribution in [0.15, 0.2) is 65.7 Å². The largest absolute Gasteiger partial charge is 0.436 e. The molecule has 0 saturated heterocycles. The van der Waals surface area contributed by atoms with Gasteiger partial charge in [-0.25, -0.2) is 18.9 Å². The number of para-hydroxylation sites is 1. The minimum Gasteiger partial charge on any atom is -0.436 e. The predicted octanol–water partition coefficient (Wildman–Crippen LogP) is 2.83. The number of nitrogens with one attached hydrogen (secondary N) is 1. The van der Waals surface area contributed by atoms with Crippen LogP contribution in [0.4, 0.5) is 5.69 Å². The van der Waals surface area contributed by atoms with Gasteiger partial charge in [-0.15, -0.1) is 5.10 Å². The van der Waals surface area contributed by atoms with Crippen LogP contribution >= 0.6 is 0 Å². The van der Waals surface area contributed by atoms with E-state index in [1.165, 1.54) is 23.7 Å². The zero-order chi connectivity index (χ0) is 22.0. The van der Waals surface area contributed by atoms with E-state index >= 15 is 0 Å². The van der Waals surface area contributed by atoms with E-state index in [4.69, 9.17) is 4.74 Å². The highest BCUT2D eigenvalue weighted by molar-refractivity contribution is 5.97. The van der Waals surface area contributed by atoms with Crippen LogP contribution in [0.2, 0.25) is 0 Å². The lowest BCUT2D eigenvalue weighted by Gasteiger charge is -2.07. The van der Waals surface area contributed by atoms with Crippen LogP contribution in [0.5, 0.6) is 11.6 Å². The molecule has 9 heteroatoms. The lowest BCUT2D eigenvalue weighted by atomic mass is 10.1. The Balaban J connectivity index is 1.59. The van der Waals surface area contributed by atoms with Crippen molar-refractivity contribution in [1.29, 1.82) is 0 Å². The number of carbonyl (C=O) groups excluding carboxylic acids is 2. The minimum atomic E-state index is -0.500. The molecule has 2 aromatic heterocycles. The number of nitrogens with zero attached hydrogens (tertiary/aromatic N) is 4. The maximum atomic E-state index is 12.7. The molecule has 31 heavy (non-hydrogen) atoms. The maximum absolute atomic E-state index is 12.7. The van der Waals surface area contributed by atoms with Crippen molar-refractivity contribution in [2.24, 2.45) is 0 Å². The van der Waals surface area contributed by atoms with Crippen molar-refractivity contribution in [3.05, 3.63) is 82.5 Å². The summed E-state index contributed by atoms with van der Waals surface area (Å²) in [7, 11) is 0. The van der Waals surface area contributed by atoms with Gasteiger partial charge in [0.15, 0.2) is 5.78 Å². The maximum Gasteiger partial charge on any atom is 0.351 e. The molecule has 0 aliphatic carbocycles. The Labute approximate surface area is 176 Å². The summed E-state index contributed by atoms with van der Waals surface area (Å²) in [4.78, 5) is 40.8. The van der Waals surface area contributed by atoms with E-state index < -0.39 is 11.6 Å². The van der Waals surface area contributed by atoms with Crippen LogP contribution < -0.4 is 15.7 Å². The number of ether oxygens (including phenoxy) is 1. The number of rotatable bonds is 6. The highest BCUT2D eigenvalue weighted by Crippen LogP contribution is 2.24. The molecule has 156 valence electrons. The van der Waals surface area contributed by atoms with Gasteiger partial charge in [0, 0.05) is 23.6 Å². The first-order chi connectivity index (χ1) is 14.9. The number of ketones is 1. The van der Waals surface area contributed by atoms with Crippen LogP contribution in [0, 0.1) is 6.92 Å². The highest BCUT2D eigenvalue weighted by Gasteiger charge is 2.16. The first-order valence-corrected chi connectivity index (χ1v) is 9.51. The molecular formula is C22H19N5O4. The number of carbonyl (C=O) groups is 2. The highest BCUT2D eigenvalue weighted by atomic mass is 16.5. The van der Waals surface area contributed by atoms with E-state index in [9.17, 15) is 14.4 Å². The summed E-state index contributed by atoms with van der Waals surface area (Å²) in [5, 5.41) is 6.90. The van der Waals surface area contributed by atoms with Crippen molar-refractivity contribution in [1.82, 2.24) is 19.2 Å². The molecule has 0 atom stereocenters. The lowest BCUT2D eigenvalue weighted by Crippen LogP contribution is -2.28. The number of amides is 1. The molecule has 2 aromatic carbocycles. The standard InChI is InChI=1S/C22H19N5O4/c1-14-6-3-4-9-18(14)31-21-20-25-27(22(30)26(20)11-10-23-21)13-19(29)24-17-8-5-7-16(12-17)15(2)28/h3-12H,13H2,1-2H3,(H,24,29). The zero-order valence-corrected chi connectivity index (χ0v) is 16.9.